The first-order valence-corrected chi connectivity index (χ1v) is 13.4. The van der Waals surface area contributed by atoms with Gasteiger partial charge in [-0.15, -0.1) is 11.8 Å². The summed E-state index contributed by atoms with van der Waals surface area (Å²) in [5.41, 5.74) is 3.56. The topological polar surface area (TPSA) is 204 Å². The summed E-state index contributed by atoms with van der Waals surface area (Å²) in [7, 11) is 0. The molecule has 2 aromatic rings. The molecular formula is C21H20BrN7O7S2. The highest BCUT2D eigenvalue weighted by atomic mass is 79.9. The van der Waals surface area contributed by atoms with Crippen LogP contribution in [0, 0.1) is 0 Å². The average Bonchev–Trinajstić information content (AvgIpc) is 3.29. The summed E-state index contributed by atoms with van der Waals surface area (Å²) in [4.78, 5) is 59.5. The maximum Gasteiger partial charge on any atom is 0.350 e. The van der Waals surface area contributed by atoms with E-state index in [2.05, 4.69) is 35.8 Å². The Morgan fingerprint density at radius 3 is 2.66 bits per heavy atom. The molecule has 14 nitrogen and oxygen atoms in total. The number of thioether (sulfide) groups is 1. The van der Waals surface area contributed by atoms with Gasteiger partial charge in [-0.3, -0.25) is 14.5 Å². The Morgan fingerprint density at radius 2 is 2.08 bits per heavy atom. The highest BCUT2D eigenvalue weighted by Crippen LogP contribution is 2.40. The van der Waals surface area contributed by atoms with Gasteiger partial charge in [0, 0.05) is 39.5 Å². The number of halogens is 1. The maximum absolute atomic E-state index is 13.1. The number of fused-ring (bicyclic) bond motifs is 1. The minimum atomic E-state index is -1.78. The number of oxime groups is 1. The lowest BCUT2D eigenvalue weighted by Crippen LogP contribution is -2.71. The number of nitrogen functional groups attached to an aromatic ring is 1. The van der Waals surface area contributed by atoms with Gasteiger partial charge in [-0.25, -0.2) is 9.36 Å². The number of aliphatic carboxylic acids is 2. The van der Waals surface area contributed by atoms with Crippen LogP contribution in [-0.4, -0.2) is 71.6 Å². The Morgan fingerprint density at radius 1 is 1.39 bits per heavy atom. The number of β-lactam (4-membered cyclic amide) rings is 1. The number of nitrogens with two attached hydrogens (primary N) is 1. The Bertz CT molecular complexity index is 1380. The number of hydrogen-bond acceptors (Lipinski definition) is 12. The molecule has 4 N–H and O–H groups in total. The van der Waals surface area contributed by atoms with E-state index in [4.69, 9.17) is 10.6 Å². The number of amides is 2. The number of anilines is 1. The van der Waals surface area contributed by atoms with E-state index in [0.717, 1.165) is 20.9 Å². The molecule has 2 atom stereocenters. The fourth-order valence-corrected chi connectivity index (χ4v) is 5.49. The van der Waals surface area contributed by atoms with Crippen LogP contribution in [0.2, 0.25) is 0 Å². The third kappa shape index (κ3) is 5.48. The normalized spacial score (nSPS) is 19.5. The first kappa shape index (κ1) is 27.5. The molecule has 38 heavy (non-hydrogen) atoms. The Hall–Kier alpha value is -3.57. The molecule has 2 amide bonds. The van der Waals surface area contributed by atoms with Crippen molar-refractivity contribution in [3.05, 3.63) is 46.1 Å². The van der Waals surface area contributed by atoms with Crippen LogP contribution in [-0.2, 0) is 30.6 Å². The van der Waals surface area contributed by atoms with Crippen molar-refractivity contribution in [3.63, 3.8) is 0 Å². The molecule has 1 fully saturated rings. The second-order valence-electron chi connectivity index (χ2n) is 8.59. The Labute approximate surface area is 231 Å². The molecule has 0 saturated carbocycles. The molecule has 2 aliphatic heterocycles. The molecule has 4 heterocycles. The van der Waals surface area contributed by atoms with Gasteiger partial charge in [0.15, 0.2) is 24.1 Å². The molecule has 0 unspecified atom stereocenters. The van der Waals surface area contributed by atoms with Crippen LogP contribution in [0.3, 0.4) is 0 Å². The minimum absolute atomic E-state index is 0.0200. The summed E-state index contributed by atoms with van der Waals surface area (Å²) >= 11 is 5.39. The zero-order chi connectivity index (χ0) is 27.8. The van der Waals surface area contributed by atoms with Gasteiger partial charge in [-0.2, -0.15) is 9.36 Å². The third-order valence-corrected chi connectivity index (χ3v) is 7.91. The minimum Gasteiger partial charge on any atom is -0.543 e. The van der Waals surface area contributed by atoms with Gasteiger partial charge in [-0.1, -0.05) is 21.1 Å². The van der Waals surface area contributed by atoms with Crippen LogP contribution in [0.5, 0.6) is 0 Å². The van der Waals surface area contributed by atoms with Crippen molar-refractivity contribution in [1.82, 2.24) is 19.6 Å². The van der Waals surface area contributed by atoms with Crippen molar-refractivity contribution in [2.75, 3.05) is 11.5 Å². The fourth-order valence-electron chi connectivity index (χ4n) is 3.48. The maximum atomic E-state index is 13.1. The van der Waals surface area contributed by atoms with Crippen molar-refractivity contribution in [2.45, 2.75) is 37.4 Å². The highest BCUT2D eigenvalue weighted by molar-refractivity contribution is 9.10. The second-order valence-corrected chi connectivity index (χ2v) is 11.4. The van der Waals surface area contributed by atoms with Crippen molar-refractivity contribution in [2.24, 2.45) is 5.16 Å². The Kier molecular flexibility index (Phi) is 7.70. The van der Waals surface area contributed by atoms with Crippen LogP contribution in [0.25, 0.3) is 0 Å². The van der Waals surface area contributed by atoms with Gasteiger partial charge in [-0.05, 0) is 13.8 Å². The van der Waals surface area contributed by atoms with E-state index in [0.29, 0.717) is 5.57 Å². The van der Waals surface area contributed by atoms with Crippen LogP contribution >= 0.6 is 39.2 Å². The van der Waals surface area contributed by atoms with E-state index in [-0.39, 0.29) is 29.0 Å². The first-order valence-electron chi connectivity index (χ1n) is 10.8. The number of carboxylic acids is 2. The predicted molar refractivity (Wildman–Crippen MR) is 135 cm³/mol. The summed E-state index contributed by atoms with van der Waals surface area (Å²) in [6.45, 7) is 2.67. The zero-order valence-electron chi connectivity index (χ0n) is 19.8. The lowest BCUT2D eigenvalue weighted by molar-refractivity contribution is -0.689. The van der Waals surface area contributed by atoms with Gasteiger partial charge in [0.25, 0.3) is 11.8 Å². The fraction of sp³-hybridized carbons (Fsp3) is 0.333. The number of pyridine rings is 1. The molecule has 0 bridgehead atoms. The van der Waals surface area contributed by atoms with E-state index in [9.17, 15) is 29.4 Å². The lowest BCUT2D eigenvalue weighted by atomic mass is 10.0. The van der Waals surface area contributed by atoms with E-state index in [1.807, 2.05) is 0 Å². The Balaban J connectivity index is 1.55. The summed E-state index contributed by atoms with van der Waals surface area (Å²) < 4.78 is 6.53. The molecule has 0 spiro atoms. The summed E-state index contributed by atoms with van der Waals surface area (Å²) in [5.74, 6) is -4.39. The summed E-state index contributed by atoms with van der Waals surface area (Å²) in [5, 5.41) is 26.7. The van der Waals surface area contributed by atoms with Crippen LogP contribution < -0.4 is 20.7 Å². The standard InChI is InChI=1S/C21H20BrN7O7S2/c1-21(2,19(34)35)36-26-11(14-25-20(23)38-27-14)15(30)24-12-16(31)29-13(18(32)33)9(8-37-17(12)29)7-28-5-3-10(22)4-6-28/h3-6,12,17H,7-8H2,1-2H3,(H4-,23,24,25,27,30,32,33,34,35)/b26-11-/t12-,17+/m1/s1. The summed E-state index contributed by atoms with van der Waals surface area (Å²) in [6, 6.07) is 2.49. The molecule has 0 radical (unpaired) electrons. The van der Waals surface area contributed by atoms with E-state index in [1.54, 1.807) is 29.1 Å². The quantitative estimate of drug-likeness (QED) is 0.131. The van der Waals surface area contributed by atoms with Crippen molar-refractivity contribution in [1.29, 1.82) is 0 Å². The van der Waals surface area contributed by atoms with Crippen LogP contribution in [0.1, 0.15) is 19.7 Å². The molecule has 4 rings (SSSR count). The number of hydrogen-bond donors (Lipinski definition) is 3. The number of carbonyl (C=O) groups is 4. The highest BCUT2D eigenvalue weighted by Gasteiger charge is 2.53. The zero-order valence-corrected chi connectivity index (χ0v) is 23.0. The summed E-state index contributed by atoms with van der Waals surface area (Å²) in [6.07, 6.45) is 3.52. The molecule has 2 aromatic heterocycles. The lowest BCUT2D eigenvalue weighted by Gasteiger charge is -2.50. The SMILES string of the molecule is CC(C)(O/N=C(\C(=O)N[C@@H]1C(=O)N2C(C(=O)[O-])=C(C[n+]3ccc(Br)cc3)CS[C@@H]12)c1nsc(N)n1)C(=O)O. The predicted octanol–water partition coefficient (Wildman–Crippen LogP) is -1.14. The molecule has 200 valence electrons. The van der Waals surface area contributed by atoms with Crippen LogP contribution in [0.15, 0.2) is 45.4 Å². The molecule has 1 saturated heterocycles. The molecule has 2 aliphatic rings. The molecule has 0 aliphatic carbocycles. The second kappa shape index (κ2) is 10.7. The number of nitrogens with zero attached hydrogens (tertiary/aromatic N) is 5. The third-order valence-electron chi connectivity index (χ3n) is 5.50. The van der Waals surface area contributed by atoms with Crippen LogP contribution in [0.4, 0.5) is 5.13 Å². The van der Waals surface area contributed by atoms with Crippen molar-refractivity contribution < 1.29 is 38.8 Å². The van der Waals surface area contributed by atoms with E-state index < -0.39 is 46.5 Å². The van der Waals surface area contributed by atoms with Gasteiger partial charge in [0.05, 0.1) is 11.7 Å². The number of carboxylic acid groups (broad SMARTS) is 2. The number of carbonyl (C=O) groups excluding carboxylic acids is 3. The van der Waals surface area contributed by atoms with Gasteiger partial charge < -0.3 is 30.9 Å². The van der Waals surface area contributed by atoms with Crippen molar-refractivity contribution in [3.8, 4) is 0 Å². The monoisotopic (exact) mass is 625 g/mol. The number of aromatic nitrogens is 3. The van der Waals surface area contributed by atoms with E-state index >= 15 is 0 Å². The first-order chi connectivity index (χ1) is 17.9. The molecular weight excluding hydrogens is 606 g/mol. The molecule has 0 aromatic carbocycles. The van der Waals surface area contributed by atoms with Gasteiger partial charge in [0.1, 0.15) is 11.4 Å². The van der Waals surface area contributed by atoms with Gasteiger partial charge in [0.2, 0.25) is 17.1 Å². The average molecular weight is 626 g/mol. The largest absolute Gasteiger partial charge is 0.543 e. The molecule has 17 heteroatoms. The number of nitrogens with one attached hydrogen (secondary N) is 1. The van der Waals surface area contributed by atoms with E-state index in [1.165, 1.54) is 25.6 Å². The van der Waals surface area contributed by atoms with Crippen molar-refractivity contribution >= 4 is 73.8 Å². The van der Waals surface area contributed by atoms with Gasteiger partial charge >= 0.3 is 5.97 Å². The smallest absolute Gasteiger partial charge is 0.350 e. The number of rotatable bonds is 9.